The zero-order chi connectivity index (χ0) is 15.9. The van der Waals surface area contributed by atoms with Crippen LogP contribution in [-0.2, 0) is 15.7 Å². The van der Waals surface area contributed by atoms with Gasteiger partial charge in [-0.25, -0.2) is 4.79 Å². The molecule has 0 radical (unpaired) electrons. The minimum absolute atomic E-state index is 0.177. The predicted octanol–water partition coefficient (Wildman–Crippen LogP) is 3.98. The summed E-state index contributed by atoms with van der Waals surface area (Å²) in [6, 6.07) is 4.74. The summed E-state index contributed by atoms with van der Waals surface area (Å²) in [6.45, 7) is 3.85. The molecule has 3 nitrogen and oxygen atoms in total. The lowest BCUT2D eigenvalue weighted by atomic mass is 10.1. The number of unbranched alkanes of at least 4 members (excludes halogenated alkanes) is 1. The van der Waals surface area contributed by atoms with Crippen molar-refractivity contribution in [2.75, 3.05) is 13.7 Å². The van der Waals surface area contributed by atoms with Crippen LogP contribution in [0.2, 0.25) is 0 Å². The van der Waals surface area contributed by atoms with Gasteiger partial charge in [-0.1, -0.05) is 12.6 Å². The monoisotopic (exact) mass is 302 g/mol. The zero-order valence-corrected chi connectivity index (χ0v) is 11.7. The summed E-state index contributed by atoms with van der Waals surface area (Å²) >= 11 is 0. The van der Waals surface area contributed by atoms with Crippen molar-refractivity contribution in [3.05, 3.63) is 42.0 Å². The third kappa shape index (κ3) is 5.89. The SMILES string of the molecule is C=C(CCCCOc1cccc(C(F)(F)F)c1)C(=O)OC. The Morgan fingerprint density at radius 1 is 1.29 bits per heavy atom. The van der Waals surface area contributed by atoms with Crippen molar-refractivity contribution in [1.29, 1.82) is 0 Å². The van der Waals surface area contributed by atoms with Crippen molar-refractivity contribution in [2.45, 2.75) is 25.4 Å². The highest BCUT2D eigenvalue weighted by Gasteiger charge is 2.30. The maximum absolute atomic E-state index is 12.5. The van der Waals surface area contributed by atoms with Crippen LogP contribution in [0.4, 0.5) is 13.2 Å². The van der Waals surface area contributed by atoms with Crippen LogP contribution in [0.5, 0.6) is 5.75 Å². The number of carbonyl (C=O) groups is 1. The van der Waals surface area contributed by atoms with Crippen LogP contribution in [0, 0.1) is 0 Å². The van der Waals surface area contributed by atoms with Gasteiger partial charge in [0.2, 0.25) is 0 Å². The maximum atomic E-state index is 12.5. The van der Waals surface area contributed by atoms with Crippen molar-refractivity contribution in [3.63, 3.8) is 0 Å². The van der Waals surface area contributed by atoms with Crippen LogP contribution >= 0.6 is 0 Å². The van der Waals surface area contributed by atoms with Crippen LogP contribution in [0.25, 0.3) is 0 Å². The van der Waals surface area contributed by atoms with E-state index in [1.165, 1.54) is 19.2 Å². The summed E-state index contributed by atoms with van der Waals surface area (Å²) < 4.78 is 47.3. The molecule has 6 heteroatoms. The van der Waals surface area contributed by atoms with Gasteiger partial charge in [0.1, 0.15) is 5.75 Å². The number of carbonyl (C=O) groups excluding carboxylic acids is 1. The van der Waals surface area contributed by atoms with Crippen molar-refractivity contribution < 1.29 is 27.4 Å². The first-order chi connectivity index (χ1) is 9.84. The number of halogens is 3. The number of esters is 1. The van der Waals surface area contributed by atoms with Gasteiger partial charge < -0.3 is 9.47 Å². The van der Waals surface area contributed by atoms with Crippen molar-refractivity contribution >= 4 is 5.97 Å². The van der Waals surface area contributed by atoms with Crippen molar-refractivity contribution in [3.8, 4) is 5.75 Å². The second kappa shape index (κ2) is 7.71. The molecule has 0 heterocycles. The van der Waals surface area contributed by atoms with Gasteiger partial charge in [-0.15, -0.1) is 0 Å². The number of rotatable bonds is 7. The number of ether oxygens (including phenoxy) is 2. The Balaban J connectivity index is 2.34. The topological polar surface area (TPSA) is 35.5 Å². The lowest BCUT2D eigenvalue weighted by Gasteiger charge is -2.10. The quantitative estimate of drug-likeness (QED) is 0.434. The lowest BCUT2D eigenvalue weighted by Crippen LogP contribution is -2.06. The Bertz CT molecular complexity index is 495. The van der Waals surface area contributed by atoms with Gasteiger partial charge in [-0.3, -0.25) is 0 Å². The molecule has 0 saturated carbocycles. The molecule has 0 saturated heterocycles. The molecule has 0 amide bonds. The highest BCUT2D eigenvalue weighted by molar-refractivity contribution is 5.87. The molecule has 0 unspecified atom stereocenters. The van der Waals surface area contributed by atoms with Gasteiger partial charge in [0.05, 0.1) is 19.3 Å². The van der Waals surface area contributed by atoms with E-state index in [1.807, 2.05) is 0 Å². The normalized spacial score (nSPS) is 11.0. The van der Waals surface area contributed by atoms with E-state index in [4.69, 9.17) is 4.74 Å². The molecule has 0 bridgehead atoms. The molecule has 1 rings (SSSR count). The number of alkyl halides is 3. The van der Waals surface area contributed by atoms with E-state index < -0.39 is 17.7 Å². The maximum Gasteiger partial charge on any atom is 0.416 e. The minimum Gasteiger partial charge on any atom is -0.494 e. The zero-order valence-electron chi connectivity index (χ0n) is 11.7. The molecular weight excluding hydrogens is 285 g/mol. The molecule has 1 aromatic carbocycles. The van der Waals surface area contributed by atoms with E-state index in [-0.39, 0.29) is 12.4 Å². The smallest absolute Gasteiger partial charge is 0.416 e. The predicted molar refractivity (Wildman–Crippen MR) is 71.9 cm³/mol. The fourth-order valence-corrected chi connectivity index (χ4v) is 1.64. The Labute approximate surface area is 121 Å². The van der Waals surface area contributed by atoms with E-state index in [2.05, 4.69) is 11.3 Å². The van der Waals surface area contributed by atoms with Crippen molar-refractivity contribution in [1.82, 2.24) is 0 Å². The first-order valence-corrected chi connectivity index (χ1v) is 6.40. The summed E-state index contributed by atoms with van der Waals surface area (Å²) in [5.41, 5.74) is -0.365. The van der Waals surface area contributed by atoms with Gasteiger partial charge in [-0.2, -0.15) is 13.2 Å². The first-order valence-electron chi connectivity index (χ1n) is 6.40. The lowest BCUT2D eigenvalue weighted by molar-refractivity contribution is -0.138. The average molecular weight is 302 g/mol. The fraction of sp³-hybridized carbons (Fsp3) is 0.400. The van der Waals surface area contributed by atoms with E-state index in [1.54, 1.807) is 0 Å². The van der Waals surface area contributed by atoms with Gasteiger partial charge in [0.25, 0.3) is 0 Å². The Morgan fingerprint density at radius 2 is 2.00 bits per heavy atom. The highest BCUT2D eigenvalue weighted by Crippen LogP contribution is 2.31. The summed E-state index contributed by atoms with van der Waals surface area (Å²) in [6.07, 6.45) is -2.66. The first kappa shape index (κ1) is 17.1. The van der Waals surface area contributed by atoms with E-state index in [9.17, 15) is 18.0 Å². The Kier molecular flexibility index (Phi) is 6.27. The average Bonchev–Trinajstić information content (AvgIpc) is 2.45. The van der Waals surface area contributed by atoms with Gasteiger partial charge in [0.15, 0.2) is 0 Å². The highest BCUT2D eigenvalue weighted by atomic mass is 19.4. The molecule has 0 aliphatic rings. The number of hydrogen-bond acceptors (Lipinski definition) is 3. The largest absolute Gasteiger partial charge is 0.494 e. The van der Waals surface area contributed by atoms with Crippen LogP contribution in [0.3, 0.4) is 0 Å². The molecular formula is C15H17F3O3. The van der Waals surface area contributed by atoms with E-state index in [0.29, 0.717) is 24.8 Å². The third-order valence-electron chi connectivity index (χ3n) is 2.78. The van der Waals surface area contributed by atoms with Gasteiger partial charge in [0, 0.05) is 5.57 Å². The van der Waals surface area contributed by atoms with Gasteiger partial charge in [-0.05, 0) is 37.5 Å². The summed E-state index contributed by atoms with van der Waals surface area (Å²) in [7, 11) is 1.28. The second-order valence-corrected chi connectivity index (χ2v) is 4.43. The van der Waals surface area contributed by atoms with Crippen LogP contribution < -0.4 is 4.74 Å². The van der Waals surface area contributed by atoms with E-state index >= 15 is 0 Å². The molecule has 0 spiro atoms. The third-order valence-corrected chi connectivity index (χ3v) is 2.78. The molecule has 0 fully saturated rings. The summed E-state index contributed by atoms with van der Waals surface area (Å²) in [5.74, 6) is -0.273. The molecule has 0 aromatic heterocycles. The number of methoxy groups -OCH3 is 1. The fourth-order valence-electron chi connectivity index (χ4n) is 1.64. The summed E-state index contributed by atoms with van der Waals surface area (Å²) in [5, 5.41) is 0. The second-order valence-electron chi connectivity index (χ2n) is 4.43. The summed E-state index contributed by atoms with van der Waals surface area (Å²) in [4.78, 5) is 11.1. The molecule has 0 N–H and O–H groups in total. The number of hydrogen-bond donors (Lipinski definition) is 0. The van der Waals surface area contributed by atoms with Crippen LogP contribution in [-0.4, -0.2) is 19.7 Å². The minimum atomic E-state index is -4.38. The van der Waals surface area contributed by atoms with E-state index in [0.717, 1.165) is 12.1 Å². The molecule has 0 atom stereocenters. The standard InChI is InChI=1S/C15H17F3O3/c1-11(14(19)20-2)6-3-4-9-21-13-8-5-7-12(10-13)15(16,17)18/h5,7-8,10H,1,3-4,6,9H2,2H3. The molecule has 0 aliphatic heterocycles. The molecule has 116 valence electrons. The number of benzene rings is 1. The van der Waals surface area contributed by atoms with Crippen LogP contribution in [0.15, 0.2) is 36.4 Å². The Hall–Kier alpha value is -1.98. The molecule has 0 aliphatic carbocycles. The van der Waals surface area contributed by atoms with Crippen molar-refractivity contribution in [2.24, 2.45) is 0 Å². The molecule has 1 aromatic rings. The Morgan fingerprint density at radius 3 is 2.62 bits per heavy atom. The molecule has 21 heavy (non-hydrogen) atoms. The van der Waals surface area contributed by atoms with Gasteiger partial charge >= 0.3 is 12.1 Å². The van der Waals surface area contributed by atoms with Crippen LogP contribution in [0.1, 0.15) is 24.8 Å².